The molecular weight excluding hydrogens is 609 g/mol. The van der Waals surface area contributed by atoms with E-state index in [0.29, 0.717) is 58.8 Å². The number of carbonyl (C=O) groups excluding carboxylic acids is 2. The summed E-state index contributed by atoms with van der Waals surface area (Å²) in [5, 5.41) is 33.6. The third-order valence-corrected chi connectivity index (χ3v) is 8.14. The van der Waals surface area contributed by atoms with Crippen LogP contribution in [0.25, 0.3) is 5.69 Å². The topological polar surface area (TPSA) is 163 Å². The van der Waals surface area contributed by atoms with E-state index < -0.39 is 13.2 Å². The lowest BCUT2D eigenvalue weighted by atomic mass is 9.81. The van der Waals surface area contributed by atoms with Crippen molar-refractivity contribution in [3.8, 4) is 11.4 Å². The Balaban J connectivity index is 1.12. The second-order valence-electron chi connectivity index (χ2n) is 11.0. The van der Waals surface area contributed by atoms with E-state index in [1.165, 1.54) is 0 Å². The van der Waals surface area contributed by atoms with Crippen molar-refractivity contribution >= 4 is 47.5 Å². The summed E-state index contributed by atoms with van der Waals surface area (Å²) in [4.78, 5) is 35.0. The number of carbonyl (C=O) groups is 2. The van der Waals surface area contributed by atoms with Gasteiger partial charge in [-0.1, -0.05) is 35.9 Å². The van der Waals surface area contributed by atoms with Gasteiger partial charge in [0.25, 0.3) is 0 Å². The number of benzene rings is 3. The highest BCUT2D eigenvalue weighted by Crippen LogP contribution is 2.34. The van der Waals surface area contributed by atoms with Gasteiger partial charge in [-0.25, -0.2) is 0 Å². The third-order valence-electron chi connectivity index (χ3n) is 7.89. The molecule has 1 aromatic heterocycles. The number of aliphatic imine (C=N–C) groups is 2. The van der Waals surface area contributed by atoms with Crippen molar-refractivity contribution in [2.75, 3.05) is 20.2 Å². The van der Waals surface area contributed by atoms with E-state index in [1.54, 1.807) is 19.2 Å². The van der Waals surface area contributed by atoms with Crippen LogP contribution in [-0.2, 0) is 22.4 Å². The van der Waals surface area contributed by atoms with Crippen LogP contribution in [0.4, 0.5) is 5.69 Å². The van der Waals surface area contributed by atoms with Crippen molar-refractivity contribution in [3.63, 3.8) is 0 Å². The number of aryl methyl sites for hydroxylation is 1. The molecule has 2 aliphatic heterocycles. The van der Waals surface area contributed by atoms with E-state index >= 15 is 0 Å². The van der Waals surface area contributed by atoms with Gasteiger partial charge >= 0.3 is 7.12 Å². The fourth-order valence-electron chi connectivity index (χ4n) is 5.60. The average Bonchev–Trinajstić information content (AvgIpc) is 3.62. The first-order chi connectivity index (χ1) is 22.2. The van der Waals surface area contributed by atoms with E-state index in [1.807, 2.05) is 60.0 Å². The SMILES string of the molecule is COc1ccc2c(c1)C(c1ccc(Cl)cc1)=N[C@@H](CC(=O)NCC(=O)NCCc1ccc3c(c1)CC(B(O)O)=N3)c1nnc(C)n1-2. The summed E-state index contributed by atoms with van der Waals surface area (Å²) < 4.78 is 7.40. The normalized spacial score (nSPS) is 14.7. The molecule has 0 unspecified atom stereocenters. The summed E-state index contributed by atoms with van der Waals surface area (Å²) in [5.74, 6) is 1.11. The van der Waals surface area contributed by atoms with Crippen LogP contribution < -0.4 is 15.4 Å². The molecule has 14 heteroatoms. The fourth-order valence-corrected chi connectivity index (χ4v) is 5.72. The lowest BCUT2D eigenvalue weighted by Gasteiger charge is -2.14. The lowest BCUT2D eigenvalue weighted by molar-refractivity contribution is -0.126. The average molecular weight is 640 g/mol. The maximum atomic E-state index is 13.2. The number of nitrogens with one attached hydrogen (secondary N) is 2. The summed E-state index contributed by atoms with van der Waals surface area (Å²) in [6, 6.07) is 18.0. The van der Waals surface area contributed by atoms with Crippen LogP contribution in [0.1, 0.15) is 46.4 Å². The molecule has 0 spiro atoms. The van der Waals surface area contributed by atoms with E-state index in [0.717, 1.165) is 27.9 Å². The number of nitrogens with zero attached hydrogens (tertiary/aromatic N) is 5. The molecule has 3 heterocycles. The van der Waals surface area contributed by atoms with Crippen molar-refractivity contribution in [3.05, 3.63) is 99.6 Å². The predicted molar refractivity (Wildman–Crippen MR) is 174 cm³/mol. The van der Waals surface area contributed by atoms with Crippen molar-refractivity contribution in [1.82, 2.24) is 25.4 Å². The Morgan fingerprint density at radius 1 is 1.04 bits per heavy atom. The summed E-state index contributed by atoms with van der Waals surface area (Å²) in [5.41, 5.74) is 5.96. The molecule has 234 valence electrons. The Morgan fingerprint density at radius 2 is 1.85 bits per heavy atom. The molecule has 0 radical (unpaired) electrons. The molecular formula is C32H31BClN7O5. The molecule has 46 heavy (non-hydrogen) atoms. The molecule has 0 fully saturated rings. The summed E-state index contributed by atoms with van der Waals surface area (Å²) in [7, 11) is 0.0211. The van der Waals surface area contributed by atoms with E-state index in [-0.39, 0.29) is 24.8 Å². The summed E-state index contributed by atoms with van der Waals surface area (Å²) in [6.07, 6.45) is 0.881. The lowest BCUT2D eigenvalue weighted by Crippen LogP contribution is -2.38. The quantitative estimate of drug-likeness (QED) is 0.194. The zero-order chi connectivity index (χ0) is 32.4. The van der Waals surface area contributed by atoms with Crippen molar-refractivity contribution in [2.45, 2.75) is 32.2 Å². The molecule has 0 aliphatic carbocycles. The number of ether oxygens (including phenoxy) is 1. The van der Waals surface area contributed by atoms with E-state index in [9.17, 15) is 19.6 Å². The zero-order valence-electron chi connectivity index (χ0n) is 25.2. The Hall–Kier alpha value is -4.85. The van der Waals surface area contributed by atoms with Gasteiger partial charge in [-0.15, -0.1) is 10.2 Å². The number of fused-ring (bicyclic) bond motifs is 4. The molecule has 2 amide bonds. The first-order valence-electron chi connectivity index (χ1n) is 14.7. The Bertz CT molecular complexity index is 1870. The number of rotatable bonds is 10. The summed E-state index contributed by atoms with van der Waals surface area (Å²) in [6.45, 7) is 2.01. The number of aromatic nitrogens is 3. The van der Waals surface area contributed by atoms with Gasteiger partial charge in [-0.2, -0.15) is 0 Å². The Labute approximate surface area is 270 Å². The monoisotopic (exact) mass is 639 g/mol. The van der Waals surface area contributed by atoms with E-state index in [2.05, 4.69) is 25.8 Å². The van der Waals surface area contributed by atoms with Crippen LogP contribution in [0.15, 0.2) is 70.6 Å². The minimum atomic E-state index is -1.58. The highest BCUT2D eigenvalue weighted by molar-refractivity contribution is 6.80. The van der Waals surface area contributed by atoms with Gasteiger partial charge in [0.15, 0.2) is 5.82 Å². The highest BCUT2D eigenvalue weighted by Gasteiger charge is 2.30. The van der Waals surface area contributed by atoms with Gasteiger partial charge < -0.3 is 25.4 Å². The molecule has 1 atom stereocenters. The molecule has 3 aromatic carbocycles. The highest BCUT2D eigenvalue weighted by atomic mass is 35.5. The summed E-state index contributed by atoms with van der Waals surface area (Å²) >= 11 is 6.17. The second-order valence-corrected chi connectivity index (χ2v) is 11.5. The molecule has 0 bridgehead atoms. The van der Waals surface area contributed by atoms with Gasteiger partial charge in [0.2, 0.25) is 11.8 Å². The maximum Gasteiger partial charge on any atom is 0.504 e. The molecule has 4 aromatic rings. The number of methoxy groups -OCH3 is 1. The number of hydrogen-bond acceptors (Lipinski definition) is 9. The van der Waals surface area contributed by atoms with Crippen LogP contribution in [-0.4, -0.2) is 75.3 Å². The Kier molecular flexibility index (Phi) is 8.97. The second kappa shape index (κ2) is 13.3. The molecule has 2 aliphatic rings. The van der Waals surface area contributed by atoms with Crippen LogP contribution in [0.2, 0.25) is 5.02 Å². The van der Waals surface area contributed by atoms with Crippen molar-refractivity contribution in [1.29, 1.82) is 0 Å². The molecule has 0 saturated heterocycles. The molecule has 6 rings (SSSR count). The first kappa shape index (κ1) is 31.2. The van der Waals surface area contributed by atoms with Crippen molar-refractivity contribution < 1.29 is 24.4 Å². The fraction of sp³-hybridized carbons (Fsp3) is 0.250. The molecule has 0 saturated carbocycles. The third kappa shape index (κ3) is 6.57. The van der Waals surface area contributed by atoms with E-state index in [4.69, 9.17) is 21.3 Å². The van der Waals surface area contributed by atoms with Gasteiger partial charge in [0.05, 0.1) is 42.8 Å². The van der Waals surface area contributed by atoms with Crippen LogP contribution in [0, 0.1) is 6.92 Å². The van der Waals surface area contributed by atoms with Crippen LogP contribution >= 0.6 is 11.6 Å². The maximum absolute atomic E-state index is 13.2. The first-order valence-corrected chi connectivity index (χ1v) is 15.1. The number of amides is 2. The van der Waals surface area contributed by atoms with Crippen LogP contribution in [0.3, 0.4) is 0 Å². The molecule has 4 N–H and O–H groups in total. The minimum absolute atomic E-state index is 0.0602. The zero-order valence-corrected chi connectivity index (χ0v) is 26.0. The van der Waals surface area contributed by atoms with Gasteiger partial charge in [-0.3, -0.25) is 24.1 Å². The van der Waals surface area contributed by atoms with Crippen LogP contribution in [0.5, 0.6) is 5.75 Å². The van der Waals surface area contributed by atoms with Gasteiger partial charge in [-0.05, 0) is 60.9 Å². The van der Waals surface area contributed by atoms with Gasteiger partial charge in [0.1, 0.15) is 17.6 Å². The minimum Gasteiger partial charge on any atom is -0.497 e. The number of halogens is 1. The van der Waals surface area contributed by atoms with Gasteiger partial charge in [0, 0.05) is 29.1 Å². The Morgan fingerprint density at radius 3 is 2.61 bits per heavy atom. The standard InChI is InChI=1S/C32H31BClN7O5/c1-18-39-40-32-26(38-31(20-4-6-22(34)7-5-20)24-15-23(46-2)8-10-27(24)41(18)32)16-29(42)36-17-30(43)35-12-11-19-3-9-25-21(13-19)14-28(37-25)33(44)45/h3-10,13,15,26,44-45H,11-12,14,16-17H2,1-2H3,(H,35,43)(H,36,42)/t26-/m0/s1. The molecule has 12 nitrogen and oxygen atoms in total. The largest absolute Gasteiger partial charge is 0.504 e. The number of hydrogen-bond donors (Lipinski definition) is 4. The van der Waals surface area contributed by atoms with Crippen molar-refractivity contribution in [2.24, 2.45) is 9.98 Å². The predicted octanol–water partition coefficient (Wildman–Crippen LogP) is 2.64. The smallest absolute Gasteiger partial charge is 0.497 e.